The molecule has 4 unspecified atom stereocenters. The monoisotopic (exact) mass is 438 g/mol. The second kappa shape index (κ2) is 12.3. The molecular formula is C19H30N6O6. The van der Waals surface area contributed by atoms with E-state index in [1.165, 1.54) is 19.1 Å². The van der Waals surface area contributed by atoms with Crippen LogP contribution in [0.25, 0.3) is 0 Å². The fourth-order valence-electron chi connectivity index (χ4n) is 2.60. The highest BCUT2D eigenvalue weighted by molar-refractivity contribution is 5.92. The van der Waals surface area contributed by atoms with Crippen LogP contribution in [-0.4, -0.2) is 69.8 Å². The summed E-state index contributed by atoms with van der Waals surface area (Å²) >= 11 is 0. The van der Waals surface area contributed by atoms with Crippen molar-refractivity contribution in [2.24, 2.45) is 22.2 Å². The van der Waals surface area contributed by atoms with Gasteiger partial charge in [0.25, 0.3) is 0 Å². The molecule has 31 heavy (non-hydrogen) atoms. The Hall–Kier alpha value is -3.38. The molecule has 12 heteroatoms. The summed E-state index contributed by atoms with van der Waals surface area (Å²) in [5, 5.41) is 33.2. The van der Waals surface area contributed by atoms with E-state index in [-0.39, 0.29) is 31.1 Å². The molecule has 1 rings (SSSR count). The maximum atomic E-state index is 12.8. The molecule has 0 saturated carbocycles. The van der Waals surface area contributed by atoms with Crippen molar-refractivity contribution in [2.45, 2.75) is 50.4 Å². The van der Waals surface area contributed by atoms with Gasteiger partial charge in [0, 0.05) is 13.0 Å². The van der Waals surface area contributed by atoms with Gasteiger partial charge in [-0.05, 0) is 37.5 Å². The van der Waals surface area contributed by atoms with E-state index in [9.17, 15) is 29.7 Å². The number of nitrogens with one attached hydrogen (secondary N) is 2. The van der Waals surface area contributed by atoms with Crippen LogP contribution in [0.5, 0.6) is 5.75 Å². The number of guanidine groups is 1. The first-order valence-electron chi connectivity index (χ1n) is 9.61. The van der Waals surface area contributed by atoms with Crippen LogP contribution in [0.4, 0.5) is 0 Å². The summed E-state index contributed by atoms with van der Waals surface area (Å²) in [6.07, 6.45) is -0.785. The van der Waals surface area contributed by atoms with E-state index in [0.717, 1.165) is 0 Å². The molecule has 0 aliphatic rings. The third-order valence-corrected chi connectivity index (χ3v) is 4.39. The van der Waals surface area contributed by atoms with Crippen molar-refractivity contribution in [1.29, 1.82) is 0 Å². The number of hydrogen-bond donors (Lipinski definition) is 8. The standard InChI is InChI=1S/C19H30N6O6/c1-10(26)15(20)17(29)25-14(9-11-4-6-12(27)7-5-11)16(28)24-13(18(30)31)3-2-8-23-19(21)22/h4-7,10,13-15,26-27H,2-3,8-9,20H2,1H3,(H,24,28)(H,25,29)(H,30,31)(H4,21,22,23). The Morgan fingerprint density at radius 3 is 2.16 bits per heavy atom. The Morgan fingerprint density at radius 1 is 1.06 bits per heavy atom. The second-order valence-electron chi connectivity index (χ2n) is 7.05. The number of nitrogens with zero attached hydrogens (tertiary/aromatic N) is 1. The Bertz CT molecular complexity index is 779. The number of aliphatic carboxylic acids is 1. The molecule has 0 spiro atoms. The third kappa shape index (κ3) is 9.31. The number of aromatic hydroxyl groups is 1. The van der Waals surface area contributed by atoms with Crippen molar-refractivity contribution in [1.82, 2.24) is 10.6 Å². The lowest BCUT2D eigenvalue weighted by Crippen LogP contribution is -2.57. The summed E-state index contributed by atoms with van der Waals surface area (Å²) in [7, 11) is 0. The van der Waals surface area contributed by atoms with Crippen molar-refractivity contribution < 1.29 is 29.7 Å². The zero-order chi connectivity index (χ0) is 23.6. The number of hydrogen-bond acceptors (Lipinski definition) is 7. The van der Waals surface area contributed by atoms with Crippen molar-refractivity contribution in [3.8, 4) is 5.75 Å². The molecule has 0 aliphatic heterocycles. The number of aliphatic hydroxyl groups excluding tert-OH is 1. The first kappa shape index (κ1) is 25.7. The topological polar surface area (TPSA) is 226 Å². The molecule has 0 bridgehead atoms. The highest BCUT2D eigenvalue weighted by Gasteiger charge is 2.29. The van der Waals surface area contributed by atoms with Crippen molar-refractivity contribution >= 4 is 23.7 Å². The molecule has 2 amide bonds. The van der Waals surface area contributed by atoms with Gasteiger partial charge in [0.05, 0.1) is 6.10 Å². The summed E-state index contributed by atoms with van der Waals surface area (Å²) in [5.74, 6) is -2.87. The number of benzene rings is 1. The summed E-state index contributed by atoms with van der Waals surface area (Å²) < 4.78 is 0. The number of nitrogens with two attached hydrogens (primary N) is 3. The predicted molar refractivity (Wildman–Crippen MR) is 113 cm³/mol. The van der Waals surface area contributed by atoms with E-state index in [0.29, 0.717) is 12.0 Å². The van der Waals surface area contributed by atoms with Gasteiger partial charge in [0.2, 0.25) is 11.8 Å². The number of amides is 2. The molecule has 0 aromatic heterocycles. The molecule has 1 aromatic carbocycles. The first-order valence-corrected chi connectivity index (χ1v) is 9.61. The molecule has 11 N–H and O–H groups in total. The zero-order valence-corrected chi connectivity index (χ0v) is 17.2. The smallest absolute Gasteiger partial charge is 0.326 e. The number of rotatable bonds is 12. The normalized spacial score (nSPS) is 14.5. The quantitative estimate of drug-likeness (QED) is 0.1000. The number of carboxylic acid groups (broad SMARTS) is 1. The maximum absolute atomic E-state index is 12.8. The predicted octanol–water partition coefficient (Wildman–Crippen LogP) is -2.25. The molecule has 0 fully saturated rings. The number of aliphatic hydroxyl groups is 1. The van der Waals surface area contributed by atoms with Gasteiger partial charge in [-0.15, -0.1) is 0 Å². The lowest BCUT2D eigenvalue weighted by atomic mass is 10.0. The second-order valence-corrected chi connectivity index (χ2v) is 7.05. The molecule has 1 aromatic rings. The molecule has 0 radical (unpaired) electrons. The lowest BCUT2D eigenvalue weighted by molar-refractivity contribution is -0.142. The van der Waals surface area contributed by atoms with E-state index < -0.39 is 42.0 Å². The summed E-state index contributed by atoms with van der Waals surface area (Å²) in [4.78, 5) is 40.3. The SMILES string of the molecule is CC(O)C(N)C(=O)NC(Cc1ccc(O)cc1)C(=O)NC(CCCN=C(N)N)C(=O)O. The van der Waals surface area contributed by atoms with Gasteiger partial charge < -0.3 is 43.2 Å². The average molecular weight is 438 g/mol. The number of carbonyl (C=O) groups is 3. The Balaban J connectivity index is 2.93. The minimum atomic E-state index is -1.27. The van der Waals surface area contributed by atoms with Gasteiger partial charge in [-0.2, -0.15) is 0 Å². The minimum Gasteiger partial charge on any atom is -0.508 e. The molecule has 4 atom stereocenters. The fourth-order valence-corrected chi connectivity index (χ4v) is 2.60. The van der Waals surface area contributed by atoms with Gasteiger partial charge in [-0.3, -0.25) is 14.6 Å². The Kier molecular flexibility index (Phi) is 10.2. The molecule has 0 saturated heterocycles. The Labute approximate surface area is 179 Å². The lowest BCUT2D eigenvalue weighted by Gasteiger charge is -2.23. The number of carboxylic acids is 1. The molecule has 12 nitrogen and oxygen atoms in total. The van der Waals surface area contributed by atoms with Crippen LogP contribution in [0.3, 0.4) is 0 Å². The highest BCUT2D eigenvalue weighted by Crippen LogP contribution is 2.12. The van der Waals surface area contributed by atoms with Crippen molar-refractivity contribution in [3.63, 3.8) is 0 Å². The van der Waals surface area contributed by atoms with E-state index in [1.807, 2.05) is 0 Å². The molecule has 0 aliphatic carbocycles. The van der Waals surface area contributed by atoms with Gasteiger partial charge in [0.15, 0.2) is 5.96 Å². The maximum Gasteiger partial charge on any atom is 0.326 e. The van der Waals surface area contributed by atoms with Crippen LogP contribution in [-0.2, 0) is 20.8 Å². The van der Waals surface area contributed by atoms with Gasteiger partial charge >= 0.3 is 5.97 Å². The minimum absolute atomic E-state index is 0.00468. The van der Waals surface area contributed by atoms with Crippen molar-refractivity contribution in [2.75, 3.05) is 6.54 Å². The summed E-state index contributed by atoms with van der Waals surface area (Å²) in [6.45, 7) is 1.52. The number of phenols is 1. The Morgan fingerprint density at radius 2 is 1.65 bits per heavy atom. The van der Waals surface area contributed by atoms with Gasteiger partial charge in [-0.25, -0.2) is 4.79 Å². The molecular weight excluding hydrogens is 408 g/mol. The van der Waals surface area contributed by atoms with Crippen LogP contribution in [0.1, 0.15) is 25.3 Å². The van der Waals surface area contributed by atoms with Gasteiger partial charge in [-0.1, -0.05) is 12.1 Å². The van der Waals surface area contributed by atoms with E-state index in [4.69, 9.17) is 17.2 Å². The van der Waals surface area contributed by atoms with Crippen LogP contribution in [0.15, 0.2) is 29.3 Å². The van der Waals surface area contributed by atoms with E-state index >= 15 is 0 Å². The third-order valence-electron chi connectivity index (χ3n) is 4.39. The summed E-state index contributed by atoms with van der Waals surface area (Å²) in [5.41, 5.74) is 16.7. The number of carbonyl (C=O) groups excluding carboxylic acids is 2. The van der Waals surface area contributed by atoms with E-state index in [2.05, 4.69) is 15.6 Å². The highest BCUT2D eigenvalue weighted by atomic mass is 16.4. The zero-order valence-electron chi connectivity index (χ0n) is 17.2. The number of phenolic OH excluding ortho intramolecular Hbond substituents is 1. The molecule has 0 heterocycles. The molecule has 172 valence electrons. The average Bonchev–Trinajstić information content (AvgIpc) is 2.69. The number of aliphatic imine (C=N–C) groups is 1. The van der Waals surface area contributed by atoms with Crippen LogP contribution in [0, 0.1) is 0 Å². The van der Waals surface area contributed by atoms with Crippen LogP contribution < -0.4 is 27.8 Å². The van der Waals surface area contributed by atoms with E-state index in [1.54, 1.807) is 12.1 Å². The fraction of sp³-hybridized carbons (Fsp3) is 0.474. The van der Waals surface area contributed by atoms with Gasteiger partial charge in [0.1, 0.15) is 23.9 Å². The first-order chi connectivity index (χ1) is 14.5. The van der Waals surface area contributed by atoms with Crippen molar-refractivity contribution in [3.05, 3.63) is 29.8 Å². The van der Waals surface area contributed by atoms with Crippen LogP contribution in [0.2, 0.25) is 0 Å². The largest absolute Gasteiger partial charge is 0.508 e. The summed E-state index contributed by atoms with van der Waals surface area (Å²) in [6, 6.07) is 2.27. The van der Waals surface area contributed by atoms with Crippen LogP contribution >= 0.6 is 0 Å².